The summed E-state index contributed by atoms with van der Waals surface area (Å²) in [6, 6.07) is 13.4. The topological polar surface area (TPSA) is 117 Å². The third-order valence-corrected chi connectivity index (χ3v) is 6.33. The summed E-state index contributed by atoms with van der Waals surface area (Å²) >= 11 is 0. The summed E-state index contributed by atoms with van der Waals surface area (Å²) in [7, 11) is -2.55. The Hall–Kier alpha value is -3.11. The van der Waals surface area contributed by atoms with Crippen molar-refractivity contribution in [1.82, 2.24) is 5.32 Å². The van der Waals surface area contributed by atoms with E-state index < -0.39 is 33.3 Å². The van der Waals surface area contributed by atoms with Crippen molar-refractivity contribution in [2.75, 3.05) is 20.3 Å². The number of esters is 1. The average Bonchev–Trinajstić information content (AvgIpc) is 2.78. The summed E-state index contributed by atoms with van der Waals surface area (Å²) in [5, 5.41) is 2.61. The van der Waals surface area contributed by atoms with Gasteiger partial charge in [-0.3, -0.25) is 4.18 Å². The Kier molecular flexibility index (Phi) is 9.89. The van der Waals surface area contributed by atoms with Gasteiger partial charge in [-0.05, 0) is 64.4 Å². The minimum Gasteiger partial charge on any atom is -0.494 e. The summed E-state index contributed by atoms with van der Waals surface area (Å²) < 4.78 is 45.3. The Morgan fingerprint density at radius 3 is 2.08 bits per heavy atom. The number of hydrogen-bond donors (Lipinski definition) is 1. The van der Waals surface area contributed by atoms with E-state index in [2.05, 4.69) is 5.32 Å². The molecule has 0 fully saturated rings. The average molecular weight is 522 g/mol. The lowest BCUT2D eigenvalue weighted by Crippen LogP contribution is -2.55. The van der Waals surface area contributed by atoms with Crippen molar-refractivity contribution in [2.45, 2.75) is 63.5 Å². The first-order chi connectivity index (χ1) is 16.7. The van der Waals surface area contributed by atoms with Crippen molar-refractivity contribution in [1.29, 1.82) is 0 Å². The second kappa shape index (κ2) is 12.2. The van der Waals surface area contributed by atoms with Crippen molar-refractivity contribution in [3.63, 3.8) is 0 Å². The van der Waals surface area contributed by atoms with Gasteiger partial charge in [-0.15, -0.1) is 0 Å². The van der Waals surface area contributed by atoms with Gasteiger partial charge in [-0.25, -0.2) is 9.59 Å². The van der Waals surface area contributed by atoms with Crippen molar-refractivity contribution in [3.05, 3.63) is 59.7 Å². The fourth-order valence-electron chi connectivity index (χ4n) is 3.22. The Balaban J connectivity index is 1.88. The van der Waals surface area contributed by atoms with Gasteiger partial charge in [-0.2, -0.15) is 8.42 Å². The van der Waals surface area contributed by atoms with Gasteiger partial charge < -0.3 is 19.5 Å². The van der Waals surface area contributed by atoms with Crippen LogP contribution in [0.2, 0.25) is 0 Å². The van der Waals surface area contributed by atoms with Crippen molar-refractivity contribution >= 4 is 22.2 Å². The van der Waals surface area contributed by atoms with Crippen LogP contribution in [-0.4, -0.2) is 51.9 Å². The first-order valence-corrected chi connectivity index (χ1v) is 12.9. The second-order valence-electron chi connectivity index (χ2n) is 9.56. The molecule has 2 aromatic carbocycles. The number of amides is 1. The van der Waals surface area contributed by atoms with Crippen LogP contribution in [-0.2, 0) is 35.0 Å². The summed E-state index contributed by atoms with van der Waals surface area (Å²) in [6.45, 7) is 8.88. The summed E-state index contributed by atoms with van der Waals surface area (Å²) in [6.07, 6.45) is -0.182. The molecule has 0 spiro atoms. The SMILES string of the molecule is COC(=O)C(C)(Cc1ccc(OCCCOS(=O)(=O)c2ccc(C)cc2)cc1)NC(=O)OC(C)(C)C. The molecule has 1 N–H and O–H groups in total. The minimum atomic E-state index is -3.81. The largest absolute Gasteiger partial charge is 0.494 e. The van der Waals surface area contributed by atoms with Crippen LogP contribution in [0.25, 0.3) is 0 Å². The predicted molar refractivity (Wildman–Crippen MR) is 134 cm³/mol. The van der Waals surface area contributed by atoms with E-state index in [1.165, 1.54) is 19.2 Å². The fraction of sp³-hybridized carbons (Fsp3) is 0.462. The van der Waals surface area contributed by atoms with Crippen LogP contribution in [0.4, 0.5) is 4.79 Å². The van der Waals surface area contributed by atoms with E-state index in [1.807, 2.05) is 6.92 Å². The van der Waals surface area contributed by atoms with Gasteiger partial charge in [0.2, 0.25) is 0 Å². The van der Waals surface area contributed by atoms with Gasteiger partial charge in [0.1, 0.15) is 16.9 Å². The molecular weight excluding hydrogens is 486 g/mol. The van der Waals surface area contributed by atoms with Crippen molar-refractivity contribution in [3.8, 4) is 5.75 Å². The zero-order chi connectivity index (χ0) is 27.0. The molecule has 0 aliphatic heterocycles. The smallest absolute Gasteiger partial charge is 0.408 e. The highest BCUT2D eigenvalue weighted by atomic mass is 32.2. The molecule has 0 saturated carbocycles. The lowest BCUT2D eigenvalue weighted by atomic mass is 9.93. The molecule has 1 atom stereocenters. The quantitative estimate of drug-likeness (QED) is 0.266. The van der Waals surface area contributed by atoms with Gasteiger partial charge in [0.25, 0.3) is 10.1 Å². The molecule has 2 rings (SSSR count). The van der Waals surface area contributed by atoms with Gasteiger partial charge in [0.05, 0.1) is 25.2 Å². The van der Waals surface area contributed by atoms with Crippen LogP contribution in [0.3, 0.4) is 0 Å². The highest BCUT2D eigenvalue weighted by Crippen LogP contribution is 2.20. The fourth-order valence-corrected chi connectivity index (χ4v) is 4.17. The zero-order valence-corrected chi connectivity index (χ0v) is 22.4. The summed E-state index contributed by atoms with van der Waals surface area (Å²) in [4.78, 5) is 24.8. The number of methoxy groups -OCH3 is 1. The lowest BCUT2D eigenvalue weighted by Gasteiger charge is -2.29. The summed E-state index contributed by atoms with van der Waals surface area (Å²) in [5.74, 6) is -0.0331. The molecule has 0 aliphatic carbocycles. The van der Waals surface area contributed by atoms with E-state index in [0.717, 1.165) is 11.1 Å². The van der Waals surface area contributed by atoms with Crippen LogP contribution in [0.5, 0.6) is 5.75 Å². The molecule has 0 aromatic heterocycles. The Morgan fingerprint density at radius 1 is 0.917 bits per heavy atom. The number of carbonyl (C=O) groups excluding carboxylic acids is 2. The molecule has 1 unspecified atom stereocenters. The molecule has 198 valence electrons. The third kappa shape index (κ3) is 9.16. The molecule has 0 aliphatic rings. The maximum absolute atomic E-state index is 12.4. The summed E-state index contributed by atoms with van der Waals surface area (Å²) in [5.41, 5.74) is -0.322. The number of nitrogens with one attached hydrogen (secondary N) is 1. The molecule has 0 heterocycles. The third-order valence-electron chi connectivity index (χ3n) is 5.00. The van der Waals surface area contributed by atoms with E-state index >= 15 is 0 Å². The van der Waals surface area contributed by atoms with Crippen LogP contribution < -0.4 is 10.1 Å². The number of aryl methyl sites for hydroxylation is 1. The second-order valence-corrected chi connectivity index (χ2v) is 11.2. The molecule has 36 heavy (non-hydrogen) atoms. The van der Waals surface area contributed by atoms with Gasteiger partial charge >= 0.3 is 12.1 Å². The van der Waals surface area contributed by atoms with E-state index in [4.69, 9.17) is 18.4 Å². The van der Waals surface area contributed by atoms with Crippen LogP contribution >= 0.6 is 0 Å². The van der Waals surface area contributed by atoms with Crippen LogP contribution in [0, 0.1) is 6.92 Å². The predicted octanol–water partition coefficient (Wildman–Crippen LogP) is 4.17. The number of rotatable bonds is 11. The van der Waals surface area contributed by atoms with Crippen LogP contribution in [0.1, 0.15) is 45.2 Å². The molecular formula is C26H35NO8S. The highest BCUT2D eigenvalue weighted by molar-refractivity contribution is 7.86. The van der Waals surface area contributed by atoms with E-state index in [-0.39, 0.29) is 24.5 Å². The molecule has 9 nitrogen and oxygen atoms in total. The molecule has 0 radical (unpaired) electrons. The number of alkyl carbamates (subject to hydrolysis) is 1. The number of benzene rings is 2. The van der Waals surface area contributed by atoms with E-state index in [0.29, 0.717) is 12.2 Å². The maximum Gasteiger partial charge on any atom is 0.408 e. The Morgan fingerprint density at radius 2 is 1.53 bits per heavy atom. The standard InChI is InChI=1S/C26H35NO8S/c1-19-8-14-22(15-9-19)36(30,31)34-17-7-16-33-21-12-10-20(11-13-21)18-26(5,23(28)32-6)27-24(29)35-25(2,3)4/h8-15H,7,16-18H2,1-6H3,(H,27,29). The maximum atomic E-state index is 12.4. The molecule has 10 heteroatoms. The van der Waals surface area contributed by atoms with Crippen molar-refractivity contribution in [2.24, 2.45) is 0 Å². The van der Waals surface area contributed by atoms with Crippen LogP contribution in [0.15, 0.2) is 53.4 Å². The van der Waals surface area contributed by atoms with E-state index in [1.54, 1.807) is 64.1 Å². The number of carbonyl (C=O) groups is 2. The molecule has 0 bridgehead atoms. The number of hydrogen-bond acceptors (Lipinski definition) is 8. The first-order valence-electron chi connectivity index (χ1n) is 11.5. The Labute approximate surface area is 213 Å². The van der Waals surface area contributed by atoms with E-state index in [9.17, 15) is 18.0 Å². The first kappa shape index (κ1) is 29.1. The Bertz CT molecular complexity index is 1120. The number of ether oxygens (including phenoxy) is 3. The van der Waals surface area contributed by atoms with Gasteiger partial charge in [0.15, 0.2) is 0 Å². The minimum absolute atomic E-state index is 0.0118. The van der Waals surface area contributed by atoms with Gasteiger partial charge in [0, 0.05) is 12.8 Å². The lowest BCUT2D eigenvalue weighted by molar-refractivity contribution is -0.147. The highest BCUT2D eigenvalue weighted by Gasteiger charge is 2.37. The monoisotopic (exact) mass is 521 g/mol. The zero-order valence-electron chi connectivity index (χ0n) is 21.6. The normalized spacial score (nSPS) is 13.4. The molecule has 1 amide bonds. The molecule has 2 aromatic rings. The molecule has 0 saturated heterocycles. The van der Waals surface area contributed by atoms with Crippen molar-refractivity contribution < 1.29 is 36.4 Å². The van der Waals surface area contributed by atoms with Gasteiger partial charge in [-0.1, -0.05) is 29.8 Å².